The third-order valence-electron chi connectivity index (χ3n) is 1.66. The molecule has 1 heterocycles. The molecule has 0 aliphatic carbocycles. The van der Waals surface area contributed by atoms with Crippen LogP contribution in [0.15, 0.2) is 0 Å². The van der Waals surface area contributed by atoms with Gasteiger partial charge in [0.1, 0.15) is 0 Å². The van der Waals surface area contributed by atoms with Crippen molar-refractivity contribution in [1.82, 2.24) is 4.42 Å². The van der Waals surface area contributed by atoms with Crippen LogP contribution >= 0.6 is 23.5 Å². The molecule has 1 nitrogen and oxygen atoms in total. The van der Waals surface area contributed by atoms with Gasteiger partial charge < -0.3 is 0 Å². The predicted octanol–water partition coefficient (Wildman–Crippen LogP) is 2.32. The zero-order chi connectivity index (χ0) is 6.69. The van der Waals surface area contributed by atoms with E-state index in [1.165, 1.54) is 19.3 Å². The normalized spacial score (nSPS) is 30.7. The fourth-order valence-corrected chi connectivity index (χ4v) is 2.29. The van der Waals surface area contributed by atoms with Crippen molar-refractivity contribution in [1.29, 1.82) is 0 Å². The Morgan fingerprint density at radius 2 is 2.33 bits per heavy atom. The number of hydrogen-bond donors (Lipinski definition) is 0. The van der Waals surface area contributed by atoms with E-state index in [1.54, 1.807) is 0 Å². The Bertz CT molecular complexity index is 89.1. The highest BCUT2D eigenvalue weighted by Crippen LogP contribution is 2.25. The quantitative estimate of drug-likeness (QED) is 0.549. The average Bonchev–Trinajstić information content (AvgIpc) is 1.89. The maximum absolute atomic E-state index is 5.90. The van der Waals surface area contributed by atoms with Gasteiger partial charge in [0.05, 0.1) is 5.37 Å². The van der Waals surface area contributed by atoms with Crippen LogP contribution in [0.4, 0.5) is 0 Å². The molecule has 0 radical (unpaired) electrons. The standard InChI is InChI=1S/C6H12ClNS/c1-9-6-4-2-3-5-8(6)7/h6H,2-5H2,1H3. The molecule has 0 spiro atoms. The van der Waals surface area contributed by atoms with Crippen molar-refractivity contribution in [2.45, 2.75) is 24.6 Å². The van der Waals surface area contributed by atoms with Crippen LogP contribution in [0.3, 0.4) is 0 Å². The summed E-state index contributed by atoms with van der Waals surface area (Å²) in [5.74, 6) is 0. The van der Waals surface area contributed by atoms with Gasteiger partial charge >= 0.3 is 0 Å². The molecule has 0 aromatic rings. The van der Waals surface area contributed by atoms with Gasteiger partial charge in [-0.2, -0.15) is 0 Å². The van der Waals surface area contributed by atoms with E-state index in [4.69, 9.17) is 11.8 Å². The Morgan fingerprint density at radius 1 is 1.56 bits per heavy atom. The molecule has 1 unspecified atom stereocenters. The predicted molar refractivity (Wildman–Crippen MR) is 43.7 cm³/mol. The Labute approximate surface area is 65.9 Å². The van der Waals surface area contributed by atoms with Crippen molar-refractivity contribution in [2.24, 2.45) is 0 Å². The molecule has 1 fully saturated rings. The Hall–Kier alpha value is 0.600. The lowest BCUT2D eigenvalue weighted by Gasteiger charge is -2.27. The second kappa shape index (κ2) is 3.69. The van der Waals surface area contributed by atoms with Crippen LogP contribution < -0.4 is 0 Å². The van der Waals surface area contributed by atoms with Gasteiger partial charge in [-0.25, -0.2) is 4.42 Å². The van der Waals surface area contributed by atoms with Crippen LogP contribution in [0.2, 0.25) is 0 Å². The lowest BCUT2D eigenvalue weighted by Crippen LogP contribution is -2.28. The summed E-state index contributed by atoms with van der Waals surface area (Å²) in [4.78, 5) is 0. The van der Waals surface area contributed by atoms with Crippen molar-refractivity contribution in [3.05, 3.63) is 0 Å². The molecule has 1 rings (SSSR count). The maximum atomic E-state index is 5.90. The lowest BCUT2D eigenvalue weighted by molar-refractivity contribution is 0.341. The molecule has 0 amide bonds. The minimum absolute atomic E-state index is 0.570. The molecular weight excluding hydrogens is 154 g/mol. The average molecular weight is 166 g/mol. The summed E-state index contributed by atoms with van der Waals surface area (Å²) in [6, 6.07) is 0. The first-order valence-corrected chi connectivity index (χ1v) is 4.92. The van der Waals surface area contributed by atoms with E-state index in [-0.39, 0.29) is 0 Å². The zero-order valence-corrected chi connectivity index (χ0v) is 7.21. The monoisotopic (exact) mass is 165 g/mol. The minimum Gasteiger partial charge on any atom is -0.207 e. The molecule has 1 aliphatic rings. The Morgan fingerprint density at radius 3 is 2.78 bits per heavy atom. The summed E-state index contributed by atoms with van der Waals surface area (Å²) in [5.41, 5.74) is 0. The second-order valence-electron chi connectivity index (χ2n) is 2.31. The van der Waals surface area contributed by atoms with Gasteiger partial charge in [-0.15, -0.1) is 11.8 Å². The summed E-state index contributed by atoms with van der Waals surface area (Å²) in [5, 5.41) is 0.570. The van der Waals surface area contributed by atoms with E-state index in [0.717, 1.165) is 6.54 Å². The van der Waals surface area contributed by atoms with E-state index in [1.807, 2.05) is 16.2 Å². The molecule has 0 aromatic carbocycles. The lowest BCUT2D eigenvalue weighted by atomic mass is 10.2. The topological polar surface area (TPSA) is 3.24 Å². The van der Waals surface area contributed by atoms with Crippen LogP contribution in [0.25, 0.3) is 0 Å². The zero-order valence-electron chi connectivity index (χ0n) is 5.64. The summed E-state index contributed by atoms with van der Waals surface area (Å²) >= 11 is 7.74. The number of hydrogen-bond acceptors (Lipinski definition) is 2. The molecule has 0 saturated carbocycles. The summed E-state index contributed by atoms with van der Waals surface area (Å²) in [6.45, 7) is 1.06. The van der Waals surface area contributed by atoms with Crippen molar-refractivity contribution >= 4 is 23.5 Å². The first-order valence-electron chi connectivity index (χ1n) is 3.30. The van der Waals surface area contributed by atoms with Gasteiger partial charge in [0.25, 0.3) is 0 Å². The Balaban J connectivity index is 2.30. The number of rotatable bonds is 1. The number of nitrogens with zero attached hydrogens (tertiary/aromatic N) is 1. The minimum atomic E-state index is 0.570. The van der Waals surface area contributed by atoms with Gasteiger partial charge in [0.2, 0.25) is 0 Å². The largest absolute Gasteiger partial charge is 0.207 e. The molecule has 0 N–H and O–H groups in total. The molecule has 54 valence electrons. The van der Waals surface area contributed by atoms with Crippen LogP contribution in [0, 0.1) is 0 Å². The highest BCUT2D eigenvalue weighted by Gasteiger charge is 2.18. The van der Waals surface area contributed by atoms with E-state index in [0.29, 0.717) is 5.37 Å². The summed E-state index contributed by atoms with van der Waals surface area (Å²) in [6.07, 6.45) is 5.98. The second-order valence-corrected chi connectivity index (χ2v) is 3.76. The Kier molecular flexibility index (Phi) is 3.16. The van der Waals surface area contributed by atoms with Crippen molar-refractivity contribution in [2.75, 3.05) is 12.8 Å². The fourth-order valence-electron chi connectivity index (χ4n) is 1.10. The summed E-state index contributed by atoms with van der Waals surface area (Å²) < 4.78 is 1.92. The molecule has 0 bridgehead atoms. The molecule has 1 atom stereocenters. The first kappa shape index (κ1) is 7.70. The van der Waals surface area contributed by atoms with Crippen LogP contribution in [0.5, 0.6) is 0 Å². The van der Waals surface area contributed by atoms with E-state index >= 15 is 0 Å². The SMILES string of the molecule is CSC1CCCCN1Cl. The molecule has 1 saturated heterocycles. The van der Waals surface area contributed by atoms with Crippen LogP contribution in [-0.2, 0) is 0 Å². The van der Waals surface area contributed by atoms with Crippen molar-refractivity contribution in [3.8, 4) is 0 Å². The van der Waals surface area contributed by atoms with Crippen LogP contribution in [-0.4, -0.2) is 22.6 Å². The van der Waals surface area contributed by atoms with E-state index in [9.17, 15) is 0 Å². The van der Waals surface area contributed by atoms with Gasteiger partial charge in [0, 0.05) is 6.54 Å². The van der Waals surface area contributed by atoms with Gasteiger partial charge in [-0.05, 0) is 37.3 Å². The third-order valence-corrected chi connectivity index (χ3v) is 3.21. The number of halogens is 1. The van der Waals surface area contributed by atoms with E-state index < -0.39 is 0 Å². The smallest absolute Gasteiger partial charge is 0.0701 e. The molecule has 3 heteroatoms. The maximum Gasteiger partial charge on any atom is 0.0701 e. The van der Waals surface area contributed by atoms with E-state index in [2.05, 4.69) is 6.26 Å². The molecule has 0 aromatic heterocycles. The number of piperidine rings is 1. The van der Waals surface area contributed by atoms with Gasteiger partial charge in [0.15, 0.2) is 0 Å². The highest BCUT2D eigenvalue weighted by molar-refractivity contribution is 7.99. The molecule has 9 heavy (non-hydrogen) atoms. The first-order chi connectivity index (χ1) is 4.34. The summed E-state index contributed by atoms with van der Waals surface area (Å²) in [7, 11) is 0. The van der Waals surface area contributed by atoms with Gasteiger partial charge in [-0.1, -0.05) is 0 Å². The fraction of sp³-hybridized carbons (Fsp3) is 1.00. The van der Waals surface area contributed by atoms with Crippen molar-refractivity contribution in [3.63, 3.8) is 0 Å². The molecule has 1 aliphatic heterocycles. The van der Waals surface area contributed by atoms with Crippen LogP contribution in [0.1, 0.15) is 19.3 Å². The third kappa shape index (κ3) is 2.03. The van der Waals surface area contributed by atoms with Crippen molar-refractivity contribution < 1.29 is 0 Å². The highest BCUT2D eigenvalue weighted by atomic mass is 35.5. The number of thioether (sulfide) groups is 1. The van der Waals surface area contributed by atoms with Gasteiger partial charge in [-0.3, -0.25) is 0 Å². The molecular formula is C6H12ClNS.